The fourth-order valence-corrected chi connectivity index (χ4v) is 2.47. The Hall–Kier alpha value is -2.01. The van der Waals surface area contributed by atoms with E-state index in [0.29, 0.717) is 24.1 Å². The molecule has 6 heteroatoms. The van der Waals surface area contributed by atoms with Crippen molar-refractivity contribution in [3.05, 3.63) is 46.7 Å². The second-order valence-electron chi connectivity index (χ2n) is 5.48. The lowest BCUT2D eigenvalue weighted by Gasteiger charge is -2.16. The highest BCUT2D eigenvalue weighted by atomic mass is 35.5. The molecule has 0 fully saturated rings. The summed E-state index contributed by atoms with van der Waals surface area (Å²) in [6.45, 7) is 5.36. The maximum Gasteiger partial charge on any atom is 0.338 e. The van der Waals surface area contributed by atoms with Gasteiger partial charge in [-0.05, 0) is 24.1 Å². The van der Waals surface area contributed by atoms with E-state index in [1.54, 1.807) is 10.7 Å². The van der Waals surface area contributed by atoms with Crippen LogP contribution in [-0.4, -0.2) is 27.5 Å². The minimum absolute atomic E-state index is 0.159. The summed E-state index contributed by atoms with van der Waals surface area (Å²) in [6.07, 6.45) is 4.96. The highest BCUT2D eigenvalue weighted by molar-refractivity contribution is 6.30. The molecule has 0 spiro atoms. The van der Waals surface area contributed by atoms with Gasteiger partial charge in [0.1, 0.15) is 5.75 Å². The van der Waals surface area contributed by atoms with Crippen LogP contribution in [0.1, 0.15) is 42.6 Å². The number of nitrogens with zero attached hydrogens (tertiary/aromatic N) is 2. The van der Waals surface area contributed by atoms with E-state index in [1.807, 2.05) is 12.1 Å². The van der Waals surface area contributed by atoms with E-state index in [1.165, 1.54) is 12.4 Å². The van der Waals surface area contributed by atoms with Gasteiger partial charge in [-0.3, -0.25) is 4.68 Å². The number of ether oxygens (including phenoxy) is 1. The van der Waals surface area contributed by atoms with Gasteiger partial charge in [-0.1, -0.05) is 38.3 Å². The first-order valence-electron chi connectivity index (χ1n) is 7.70. The van der Waals surface area contributed by atoms with E-state index in [-0.39, 0.29) is 5.56 Å². The highest BCUT2D eigenvalue weighted by Gasteiger charge is 2.11. The number of carbonyl (C=O) groups is 1. The van der Waals surface area contributed by atoms with E-state index in [9.17, 15) is 4.79 Å². The van der Waals surface area contributed by atoms with Crippen LogP contribution >= 0.6 is 11.6 Å². The van der Waals surface area contributed by atoms with Crippen molar-refractivity contribution in [3.63, 3.8) is 0 Å². The fraction of sp³-hybridized carbons (Fsp3) is 0.412. The number of carboxylic acids is 1. The van der Waals surface area contributed by atoms with E-state index in [4.69, 9.17) is 21.4 Å². The molecule has 0 aliphatic heterocycles. The lowest BCUT2D eigenvalue weighted by molar-refractivity contribution is 0.0697. The predicted molar refractivity (Wildman–Crippen MR) is 89.3 cm³/mol. The monoisotopic (exact) mass is 336 g/mol. The van der Waals surface area contributed by atoms with Crippen molar-refractivity contribution in [1.29, 1.82) is 0 Å². The maximum absolute atomic E-state index is 10.9. The number of hydrogen-bond acceptors (Lipinski definition) is 3. The zero-order valence-electron chi connectivity index (χ0n) is 13.3. The van der Waals surface area contributed by atoms with Crippen LogP contribution in [0.15, 0.2) is 30.6 Å². The maximum atomic E-state index is 10.9. The largest absolute Gasteiger partial charge is 0.493 e. The average molecular weight is 337 g/mol. The Labute approximate surface area is 140 Å². The van der Waals surface area contributed by atoms with Gasteiger partial charge in [0.15, 0.2) is 0 Å². The summed E-state index contributed by atoms with van der Waals surface area (Å²) in [6, 6.07) is 5.46. The van der Waals surface area contributed by atoms with E-state index in [2.05, 4.69) is 18.9 Å². The van der Waals surface area contributed by atoms with Crippen LogP contribution in [0.3, 0.4) is 0 Å². The standard InChI is InChI=1S/C17H21ClN2O3/c1-3-12(4-2)11-23-16-6-5-15(18)7-13(16)9-20-10-14(8-19-20)17(21)22/h5-8,10,12H,3-4,9,11H2,1-2H3,(H,21,22). The zero-order valence-corrected chi connectivity index (χ0v) is 14.1. The number of carboxylic acid groups (broad SMARTS) is 1. The second kappa shape index (κ2) is 8.02. The summed E-state index contributed by atoms with van der Waals surface area (Å²) in [4.78, 5) is 10.9. The summed E-state index contributed by atoms with van der Waals surface area (Å²) >= 11 is 6.08. The Morgan fingerprint density at radius 3 is 2.74 bits per heavy atom. The van der Waals surface area contributed by atoms with Crippen LogP contribution in [0, 0.1) is 5.92 Å². The van der Waals surface area contributed by atoms with Crippen molar-refractivity contribution >= 4 is 17.6 Å². The molecule has 0 amide bonds. The van der Waals surface area contributed by atoms with Gasteiger partial charge in [0.25, 0.3) is 0 Å². The third-order valence-electron chi connectivity index (χ3n) is 3.86. The molecule has 1 aromatic heterocycles. The number of aromatic carboxylic acids is 1. The van der Waals surface area contributed by atoms with Gasteiger partial charge >= 0.3 is 5.97 Å². The molecule has 5 nitrogen and oxygen atoms in total. The van der Waals surface area contributed by atoms with Gasteiger partial charge in [-0.15, -0.1) is 0 Å². The molecule has 124 valence electrons. The number of halogens is 1. The molecule has 0 atom stereocenters. The number of aromatic nitrogens is 2. The van der Waals surface area contributed by atoms with E-state index >= 15 is 0 Å². The molecule has 1 heterocycles. The Bertz CT molecular complexity index is 666. The molecule has 0 aliphatic rings. The SMILES string of the molecule is CCC(CC)COc1ccc(Cl)cc1Cn1cc(C(=O)O)cn1. The van der Waals surface area contributed by atoms with Crippen molar-refractivity contribution in [2.75, 3.05) is 6.61 Å². The third-order valence-corrected chi connectivity index (χ3v) is 4.10. The lowest BCUT2D eigenvalue weighted by atomic mass is 10.1. The molecule has 2 aromatic rings. The minimum Gasteiger partial charge on any atom is -0.493 e. The molecular weight excluding hydrogens is 316 g/mol. The smallest absolute Gasteiger partial charge is 0.338 e. The van der Waals surface area contributed by atoms with Gasteiger partial charge in [0.2, 0.25) is 0 Å². The topological polar surface area (TPSA) is 64.3 Å². The molecule has 23 heavy (non-hydrogen) atoms. The molecule has 0 radical (unpaired) electrons. The van der Waals surface area contributed by atoms with Gasteiger partial charge in [0, 0.05) is 16.8 Å². The molecule has 0 bridgehead atoms. The number of rotatable bonds is 8. The summed E-state index contributed by atoms with van der Waals surface area (Å²) in [7, 11) is 0. The third kappa shape index (κ3) is 4.73. The normalized spacial score (nSPS) is 11.0. The van der Waals surface area contributed by atoms with Gasteiger partial charge in [0.05, 0.1) is 24.9 Å². The number of hydrogen-bond donors (Lipinski definition) is 1. The Morgan fingerprint density at radius 1 is 1.39 bits per heavy atom. The molecule has 0 saturated heterocycles. The lowest BCUT2D eigenvalue weighted by Crippen LogP contribution is -2.12. The van der Waals surface area contributed by atoms with E-state index < -0.39 is 5.97 Å². The summed E-state index contributed by atoms with van der Waals surface area (Å²) in [5.41, 5.74) is 1.04. The van der Waals surface area contributed by atoms with Crippen molar-refractivity contribution in [1.82, 2.24) is 9.78 Å². The summed E-state index contributed by atoms with van der Waals surface area (Å²) < 4.78 is 7.52. The fourth-order valence-electron chi connectivity index (χ4n) is 2.28. The first kappa shape index (κ1) is 17.3. The summed E-state index contributed by atoms with van der Waals surface area (Å²) in [5, 5.41) is 13.6. The molecule has 1 aromatic carbocycles. The highest BCUT2D eigenvalue weighted by Crippen LogP contribution is 2.25. The Balaban J connectivity index is 2.15. The molecule has 1 N–H and O–H groups in total. The van der Waals surface area contributed by atoms with Crippen molar-refractivity contribution in [2.24, 2.45) is 5.92 Å². The first-order chi connectivity index (χ1) is 11.0. The van der Waals surface area contributed by atoms with E-state index in [0.717, 1.165) is 24.2 Å². The van der Waals surface area contributed by atoms with Crippen LogP contribution in [0.4, 0.5) is 0 Å². The minimum atomic E-state index is -0.993. The van der Waals surface area contributed by atoms with Crippen molar-refractivity contribution < 1.29 is 14.6 Å². The van der Waals surface area contributed by atoms with Gasteiger partial charge < -0.3 is 9.84 Å². The van der Waals surface area contributed by atoms with Crippen LogP contribution in [-0.2, 0) is 6.54 Å². The zero-order chi connectivity index (χ0) is 16.8. The molecule has 0 unspecified atom stereocenters. The van der Waals surface area contributed by atoms with Gasteiger partial charge in [-0.25, -0.2) is 4.79 Å². The summed E-state index contributed by atoms with van der Waals surface area (Å²) in [5.74, 6) is 0.281. The molecule has 0 aliphatic carbocycles. The van der Waals surface area contributed by atoms with Crippen molar-refractivity contribution in [2.45, 2.75) is 33.2 Å². The first-order valence-corrected chi connectivity index (χ1v) is 8.08. The Kier molecular flexibility index (Phi) is 6.04. The van der Waals surface area contributed by atoms with Crippen LogP contribution in [0.5, 0.6) is 5.75 Å². The van der Waals surface area contributed by atoms with Gasteiger partial charge in [-0.2, -0.15) is 5.10 Å². The predicted octanol–water partition coefficient (Wildman–Crippen LogP) is 4.10. The average Bonchev–Trinajstić information content (AvgIpc) is 2.99. The van der Waals surface area contributed by atoms with Crippen LogP contribution in [0.2, 0.25) is 5.02 Å². The quantitative estimate of drug-likeness (QED) is 0.788. The molecule has 0 saturated carbocycles. The van der Waals surface area contributed by atoms with Crippen LogP contribution < -0.4 is 4.74 Å². The van der Waals surface area contributed by atoms with Crippen LogP contribution in [0.25, 0.3) is 0 Å². The Morgan fingerprint density at radius 2 is 2.13 bits per heavy atom. The second-order valence-corrected chi connectivity index (χ2v) is 5.91. The molecule has 2 rings (SSSR count). The molecular formula is C17H21ClN2O3. The van der Waals surface area contributed by atoms with Crippen molar-refractivity contribution in [3.8, 4) is 5.75 Å². The number of benzene rings is 1.